The zero-order chi connectivity index (χ0) is 14.0. The van der Waals surface area contributed by atoms with Gasteiger partial charge in [0.05, 0.1) is 0 Å². The Balaban J connectivity index is 1.58. The maximum Gasteiger partial charge on any atom is 0.407 e. The van der Waals surface area contributed by atoms with Gasteiger partial charge in [-0.1, -0.05) is 68.9 Å². The van der Waals surface area contributed by atoms with Gasteiger partial charge in [0.15, 0.2) is 0 Å². The van der Waals surface area contributed by atoms with Crippen LogP contribution in [-0.4, -0.2) is 12.6 Å². The summed E-state index contributed by atoms with van der Waals surface area (Å²) in [7, 11) is 0. The Morgan fingerprint density at radius 1 is 1.10 bits per heavy atom. The van der Waals surface area contributed by atoms with E-state index in [2.05, 4.69) is 5.32 Å². The molecule has 1 saturated carbocycles. The van der Waals surface area contributed by atoms with Gasteiger partial charge in [0.2, 0.25) is 0 Å². The van der Waals surface area contributed by atoms with Gasteiger partial charge in [0, 0.05) is 6.54 Å². The van der Waals surface area contributed by atoms with E-state index in [9.17, 15) is 4.79 Å². The van der Waals surface area contributed by atoms with Crippen molar-refractivity contribution in [3.63, 3.8) is 0 Å². The molecule has 0 saturated heterocycles. The standard InChI is InChI=1S/C17H25NO2/c19-17(20-14-16-10-6-3-7-11-16)18-13-12-15-8-4-1-2-5-9-15/h3,6-7,10-11,15H,1-2,4-5,8-9,12-14H2,(H,18,19). The van der Waals surface area contributed by atoms with E-state index < -0.39 is 0 Å². The molecule has 1 aliphatic rings. The molecule has 0 spiro atoms. The highest BCUT2D eigenvalue weighted by Gasteiger charge is 2.12. The summed E-state index contributed by atoms with van der Waals surface area (Å²) in [6, 6.07) is 9.76. The molecular weight excluding hydrogens is 250 g/mol. The first-order chi connectivity index (χ1) is 9.84. The van der Waals surface area contributed by atoms with Crippen molar-refractivity contribution in [3.05, 3.63) is 35.9 Å². The van der Waals surface area contributed by atoms with E-state index in [1.165, 1.54) is 38.5 Å². The minimum absolute atomic E-state index is 0.303. The Kier molecular flexibility index (Phi) is 6.42. The quantitative estimate of drug-likeness (QED) is 0.815. The lowest BCUT2D eigenvalue weighted by molar-refractivity contribution is 0.139. The van der Waals surface area contributed by atoms with Crippen LogP contribution in [0.5, 0.6) is 0 Å². The van der Waals surface area contributed by atoms with Crippen molar-refractivity contribution in [2.24, 2.45) is 5.92 Å². The summed E-state index contributed by atoms with van der Waals surface area (Å²) < 4.78 is 5.19. The number of amides is 1. The molecule has 1 aliphatic carbocycles. The van der Waals surface area contributed by atoms with Gasteiger partial charge in [-0.15, -0.1) is 0 Å². The summed E-state index contributed by atoms with van der Waals surface area (Å²) >= 11 is 0. The van der Waals surface area contributed by atoms with Gasteiger partial charge in [-0.2, -0.15) is 0 Å². The minimum atomic E-state index is -0.303. The highest BCUT2D eigenvalue weighted by Crippen LogP contribution is 2.24. The molecule has 1 fully saturated rings. The van der Waals surface area contributed by atoms with E-state index >= 15 is 0 Å². The first-order valence-electron chi connectivity index (χ1n) is 7.79. The number of hydrogen-bond donors (Lipinski definition) is 1. The Bertz CT molecular complexity index is 383. The Morgan fingerprint density at radius 2 is 1.80 bits per heavy atom. The molecule has 1 N–H and O–H groups in total. The van der Waals surface area contributed by atoms with Crippen LogP contribution in [0.15, 0.2) is 30.3 Å². The first kappa shape index (κ1) is 14.9. The molecule has 0 radical (unpaired) electrons. The summed E-state index contributed by atoms with van der Waals surface area (Å²) in [5.74, 6) is 0.784. The van der Waals surface area contributed by atoms with Gasteiger partial charge in [-0.05, 0) is 17.9 Å². The summed E-state index contributed by atoms with van der Waals surface area (Å²) in [5.41, 5.74) is 1.02. The summed E-state index contributed by atoms with van der Waals surface area (Å²) in [4.78, 5) is 11.6. The lowest BCUT2D eigenvalue weighted by Gasteiger charge is -2.14. The molecular formula is C17H25NO2. The predicted octanol–water partition coefficient (Wildman–Crippen LogP) is 4.27. The summed E-state index contributed by atoms with van der Waals surface area (Å²) in [6.45, 7) is 1.08. The zero-order valence-electron chi connectivity index (χ0n) is 12.1. The third-order valence-electron chi connectivity index (χ3n) is 4.01. The van der Waals surface area contributed by atoms with Crippen molar-refractivity contribution in [1.29, 1.82) is 0 Å². The normalized spacial score (nSPS) is 16.4. The topological polar surface area (TPSA) is 38.3 Å². The fourth-order valence-corrected chi connectivity index (χ4v) is 2.81. The van der Waals surface area contributed by atoms with Crippen molar-refractivity contribution in [3.8, 4) is 0 Å². The van der Waals surface area contributed by atoms with Crippen molar-refractivity contribution in [1.82, 2.24) is 5.32 Å². The molecule has 0 bridgehead atoms. The van der Waals surface area contributed by atoms with Gasteiger partial charge in [-0.25, -0.2) is 4.79 Å². The number of rotatable bonds is 5. The molecule has 0 aliphatic heterocycles. The average molecular weight is 275 g/mol. The van der Waals surface area contributed by atoms with E-state index in [1.807, 2.05) is 30.3 Å². The van der Waals surface area contributed by atoms with Crippen LogP contribution in [0.1, 0.15) is 50.5 Å². The van der Waals surface area contributed by atoms with Crippen molar-refractivity contribution >= 4 is 6.09 Å². The van der Waals surface area contributed by atoms with Gasteiger partial charge in [-0.3, -0.25) is 0 Å². The molecule has 1 amide bonds. The number of alkyl carbamates (subject to hydrolysis) is 1. The Labute approximate surface area is 121 Å². The summed E-state index contributed by atoms with van der Waals surface area (Å²) in [5, 5.41) is 2.86. The molecule has 20 heavy (non-hydrogen) atoms. The zero-order valence-corrected chi connectivity index (χ0v) is 12.1. The fourth-order valence-electron chi connectivity index (χ4n) is 2.81. The molecule has 0 atom stereocenters. The number of ether oxygens (including phenoxy) is 1. The SMILES string of the molecule is O=C(NCCC1CCCCCC1)OCc1ccccc1. The van der Waals surface area contributed by atoms with Crippen LogP contribution in [0.2, 0.25) is 0 Å². The Morgan fingerprint density at radius 3 is 2.50 bits per heavy atom. The minimum Gasteiger partial charge on any atom is -0.445 e. The maximum atomic E-state index is 11.6. The number of carbonyl (C=O) groups excluding carboxylic acids is 1. The van der Waals surface area contributed by atoms with Crippen LogP contribution in [0, 0.1) is 5.92 Å². The molecule has 110 valence electrons. The molecule has 0 aromatic heterocycles. The van der Waals surface area contributed by atoms with E-state index in [0.29, 0.717) is 6.61 Å². The number of carbonyl (C=O) groups is 1. The maximum absolute atomic E-state index is 11.6. The Hall–Kier alpha value is -1.51. The summed E-state index contributed by atoms with van der Waals surface area (Å²) in [6.07, 6.45) is 8.88. The second kappa shape index (κ2) is 8.62. The lowest BCUT2D eigenvalue weighted by atomic mass is 9.97. The number of benzene rings is 1. The monoisotopic (exact) mass is 275 g/mol. The van der Waals surface area contributed by atoms with Crippen molar-refractivity contribution in [2.75, 3.05) is 6.54 Å². The van der Waals surface area contributed by atoms with E-state index in [4.69, 9.17) is 4.74 Å². The van der Waals surface area contributed by atoms with Crippen LogP contribution in [0.4, 0.5) is 4.79 Å². The van der Waals surface area contributed by atoms with Crippen molar-refractivity contribution < 1.29 is 9.53 Å². The fraction of sp³-hybridized carbons (Fsp3) is 0.588. The highest BCUT2D eigenvalue weighted by atomic mass is 16.5. The van der Waals surface area contributed by atoms with Crippen LogP contribution < -0.4 is 5.32 Å². The second-order valence-electron chi connectivity index (χ2n) is 5.63. The molecule has 0 unspecified atom stereocenters. The van der Waals surface area contributed by atoms with Crippen LogP contribution in [0.3, 0.4) is 0 Å². The number of nitrogens with one attached hydrogen (secondary N) is 1. The van der Waals surface area contributed by atoms with Crippen LogP contribution in [0.25, 0.3) is 0 Å². The smallest absolute Gasteiger partial charge is 0.407 e. The predicted molar refractivity (Wildman–Crippen MR) is 80.4 cm³/mol. The molecule has 3 nitrogen and oxygen atoms in total. The molecule has 2 rings (SSSR count). The molecule has 0 heterocycles. The lowest BCUT2D eigenvalue weighted by Crippen LogP contribution is -2.26. The van der Waals surface area contributed by atoms with Gasteiger partial charge >= 0.3 is 6.09 Å². The average Bonchev–Trinajstić information content (AvgIpc) is 2.75. The van der Waals surface area contributed by atoms with Crippen LogP contribution in [-0.2, 0) is 11.3 Å². The molecule has 3 heteroatoms. The van der Waals surface area contributed by atoms with E-state index in [1.54, 1.807) is 0 Å². The van der Waals surface area contributed by atoms with Gasteiger partial charge < -0.3 is 10.1 Å². The van der Waals surface area contributed by atoms with Crippen LogP contribution >= 0.6 is 0 Å². The third kappa shape index (κ3) is 5.64. The second-order valence-corrected chi connectivity index (χ2v) is 5.63. The van der Waals surface area contributed by atoms with E-state index in [-0.39, 0.29) is 6.09 Å². The van der Waals surface area contributed by atoms with Gasteiger partial charge in [0.1, 0.15) is 6.61 Å². The van der Waals surface area contributed by atoms with E-state index in [0.717, 1.165) is 24.4 Å². The molecule has 1 aromatic rings. The molecule has 1 aromatic carbocycles. The largest absolute Gasteiger partial charge is 0.445 e. The highest BCUT2D eigenvalue weighted by molar-refractivity contribution is 5.67. The number of hydrogen-bond acceptors (Lipinski definition) is 2. The third-order valence-corrected chi connectivity index (χ3v) is 4.01. The first-order valence-corrected chi connectivity index (χ1v) is 7.79. The van der Waals surface area contributed by atoms with Gasteiger partial charge in [0.25, 0.3) is 0 Å². The van der Waals surface area contributed by atoms with Crippen molar-refractivity contribution in [2.45, 2.75) is 51.6 Å².